The molecule has 2 fully saturated rings. The number of carbonyl (C=O) groups is 2. The number of rotatable bonds is 25. The molecule has 8 heterocycles. The highest BCUT2D eigenvalue weighted by atomic mass is 35.5. The molecule has 47 heteroatoms. The van der Waals surface area contributed by atoms with E-state index in [4.69, 9.17) is 32.7 Å². The van der Waals surface area contributed by atoms with Gasteiger partial charge in [-0.25, -0.2) is 61.9 Å². The zero-order valence-electron chi connectivity index (χ0n) is 62.2. The summed E-state index contributed by atoms with van der Waals surface area (Å²) in [5, 5.41) is 20.6. The average molecular weight is 1770 g/mol. The summed E-state index contributed by atoms with van der Waals surface area (Å²) in [6, 6.07) is 11.9. The number of aromatic nitrogens is 14. The lowest BCUT2D eigenvalue weighted by Crippen LogP contribution is -2.38. The lowest BCUT2D eigenvalue weighted by atomic mass is 10.0. The van der Waals surface area contributed by atoms with Crippen molar-refractivity contribution >= 4 is 111 Å². The number of fused-ring (bicyclic) bond motifs is 10. The molecule has 0 radical (unpaired) electrons. The van der Waals surface area contributed by atoms with Crippen LogP contribution >= 0.6 is 23.2 Å². The predicted molar refractivity (Wildman–Crippen MR) is 399 cm³/mol. The van der Waals surface area contributed by atoms with Gasteiger partial charge in [-0.1, -0.05) is 23.2 Å². The maximum absolute atomic E-state index is 15.5. The number of anilines is 2. The quantitative estimate of drug-likeness (QED) is 0.0386. The summed E-state index contributed by atoms with van der Waals surface area (Å²) in [4.78, 5) is 75.1. The number of ether oxygens (including phenoxy) is 2. The van der Waals surface area contributed by atoms with Crippen molar-refractivity contribution in [2.24, 2.45) is 25.9 Å². The first-order valence-corrected chi connectivity index (χ1v) is 40.4. The summed E-state index contributed by atoms with van der Waals surface area (Å²) in [6.07, 6.45) is -11.9. The van der Waals surface area contributed by atoms with Crippen LogP contribution in [0.25, 0.3) is 55.2 Å². The number of pyridine rings is 2. The van der Waals surface area contributed by atoms with Gasteiger partial charge in [0, 0.05) is 74.2 Å². The van der Waals surface area contributed by atoms with Gasteiger partial charge in [-0.05, 0) is 103 Å². The number of amides is 2. The number of nitrogens with zero attached hydrogens (tertiary/aromatic N) is 14. The monoisotopic (exact) mass is 1770 g/mol. The summed E-state index contributed by atoms with van der Waals surface area (Å²) >= 11 is 13.1. The van der Waals surface area contributed by atoms with Gasteiger partial charge in [0.1, 0.15) is 70.8 Å². The highest BCUT2D eigenvalue weighted by Crippen LogP contribution is 2.69. The Morgan fingerprint density at radius 3 is 1.31 bits per heavy atom. The van der Waals surface area contributed by atoms with E-state index in [9.17, 15) is 84.3 Å². The second-order valence-electron chi connectivity index (χ2n) is 28.7. The lowest BCUT2D eigenvalue weighted by Gasteiger charge is -2.24. The van der Waals surface area contributed by atoms with Crippen molar-refractivity contribution in [2.75, 3.05) is 35.2 Å². The summed E-state index contributed by atoms with van der Waals surface area (Å²) in [5.41, 5.74) is -6.76. The fourth-order valence-electron chi connectivity index (χ4n) is 15.5. The topological polar surface area (TPSA) is 336 Å². The first-order chi connectivity index (χ1) is 56.4. The number of alkyl halides is 11. The van der Waals surface area contributed by atoms with Crippen LogP contribution in [0.5, 0.6) is 11.8 Å². The van der Waals surface area contributed by atoms with E-state index in [0.717, 1.165) is 62.7 Å². The van der Waals surface area contributed by atoms with E-state index in [1.165, 1.54) is 55.2 Å². The summed E-state index contributed by atoms with van der Waals surface area (Å²) in [5.74, 6) is -19.3. The molecule has 28 nitrogen and oxygen atoms in total. The molecular formula is C73H59Cl2F15N18O10S2. The van der Waals surface area contributed by atoms with Gasteiger partial charge in [0.25, 0.3) is 35.8 Å². The minimum atomic E-state index is -4.60. The van der Waals surface area contributed by atoms with E-state index in [0.29, 0.717) is 21.5 Å². The van der Waals surface area contributed by atoms with Gasteiger partial charge in [-0.3, -0.25) is 56.5 Å². The lowest BCUT2D eigenvalue weighted by molar-refractivity contribution is -0.139. The van der Waals surface area contributed by atoms with Crippen molar-refractivity contribution in [3.05, 3.63) is 196 Å². The molecule has 12 aromatic rings. The van der Waals surface area contributed by atoms with Gasteiger partial charge in [0.05, 0.1) is 98.2 Å². The third-order valence-electron chi connectivity index (χ3n) is 20.2. The van der Waals surface area contributed by atoms with E-state index in [-0.39, 0.29) is 125 Å². The van der Waals surface area contributed by atoms with Gasteiger partial charge >= 0.3 is 6.18 Å². The average Bonchev–Trinajstić information content (AvgIpc) is 1.52. The molecule has 6 atom stereocenters. The number of halogens is 17. The zero-order chi connectivity index (χ0) is 86.4. The zero-order valence-corrected chi connectivity index (χ0v) is 65.3. The van der Waals surface area contributed by atoms with Crippen LogP contribution in [0, 0.1) is 35.1 Å². The van der Waals surface area contributed by atoms with Crippen LogP contribution in [0.1, 0.15) is 120 Å². The molecule has 4 N–H and O–H groups in total. The first-order valence-electron chi connectivity index (χ1n) is 35.9. The van der Waals surface area contributed by atoms with E-state index >= 15 is 17.6 Å². The second-order valence-corrected chi connectivity index (χ2v) is 33.1. The van der Waals surface area contributed by atoms with Crippen molar-refractivity contribution < 1.29 is 102 Å². The smallest absolute Gasteiger partial charge is 0.392 e. The molecule has 4 aliphatic rings. The van der Waals surface area contributed by atoms with E-state index < -0.39 is 212 Å². The number of hydrogen-bond donors (Lipinski definition) is 4. The summed E-state index contributed by atoms with van der Waals surface area (Å²) in [6.45, 7) is -1.08. The third kappa shape index (κ3) is 15.9. The minimum Gasteiger partial charge on any atom is -0.478 e. The van der Waals surface area contributed by atoms with Crippen molar-refractivity contribution in [3.63, 3.8) is 0 Å². The highest BCUT2D eigenvalue weighted by Gasteiger charge is 2.68. The van der Waals surface area contributed by atoms with Crippen molar-refractivity contribution in [3.8, 4) is 23.1 Å². The molecule has 2 amide bonds. The molecule has 120 heavy (non-hydrogen) atoms. The van der Waals surface area contributed by atoms with Crippen LogP contribution in [0.3, 0.4) is 0 Å². The van der Waals surface area contributed by atoms with Gasteiger partial charge in [-0.15, -0.1) is 0 Å². The molecule has 16 rings (SSSR count). The number of hydrogen-bond acceptors (Lipinski definition) is 18. The maximum atomic E-state index is 15.5. The molecule has 0 aliphatic heterocycles. The van der Waals surface area contributed by atoms with Gasteiger partial charge in [0.15, 0.2) is 22.9 Å². The standard InChI is InChI=1S/C37H29ClF9N9O5S.C36H30ClF6N9O5S/c1-54-29-23(5-4-21(38)27(29)33(52-54)53-62(2,59)60)56-34(50-32-18(35(56)58)3-6-25(49-32)61-8-7-36(43,44)45)22(11-15-9-16(39)12-17(40)10-15)48-24(57)14-55-30-26(28(51-55)31(41)42)19-13-20(19)37(30,46)47;1-4-57-25-8-5-18-32(45-25)46-34(52(35(18)54)23-7-6-21(37)27-29(23)50(2)48-33(27)49-58(3,55)56)22(11-15-9-16(38)12-17(39)10-15)44-24(53)14-51-30-26(28(47-51)31(40)41)19-13-20(19)36(30,42)43/h3-6,9-10,12,19-20,22,31H,7-8,11,13-14H2,1-2H3,(H,48,57)(H,52,53);5-10,12,19-20,22,31H,4,11,13-14H2,1-3H3,(H,44,53)(H,48,49)/t2*19-,20+,22-/m00/s1. The first kappa shape index (κ1) is 83.4. The Morgan fingerprint density at radius 1 is 0.567 bits per heavy atom. The largest absolute Gasteiger partial charge is 0.478 e. The Hall–Kier alpha value is -11.6. The maximum Gasteiger partial charge on any atom is 0.392 e. The number of nitrogens with one attached hydrogen (secondary N) is 4. The predicted octanol–water partition coefficient (Wildman–Crippen LogP) is 12.6. The van der Waals surface area contributed by atoms with Crippen molar-refractivity contribution in [1.29, 1.82) is 0 Å². The Labute approximate surface area is 674 Å². The molecule has 0 spiro atoms. The van der Waals surface area contributed by atoms with Crippen molar-refractivity contribution in [1.82, 2.24) is 78.8 Å². The SMILES string of the molecule is CCOc1ccc2c(=O)n(-c3ccc(Cl)c4c(NS(C)(=O)=O)nn(C)c34)c([C@H](Cc3cc(F)cc(F)c3)NC(=O)Cn3nc(C(F)F)c4c3C(F)(F)[C@@H]3C[C@H]43)nc2n1.Cn1nc(NS(C)(=O)=O)c2c(Cl)ccc(-n3c([C@H](Cc4cc(F)cc(F)c4)NC(=O)Cn4nc(C(F)F)c5c4C(F)(F)[C@@H]4C[C@H]54)nc4nc(OCCC(F)(F)F)ccc4c3=O)c21. The van der Waals surface area contributed by atoms with Crippen LogP contribution in [0.15, 0.2) is 94.5 Å². The van der Waals surface area contributed by atoms with Gasteiger partial charge in [-0.2, -0.15) is 61.1 Å². The molecule has 4 aromatic carbocycles. The van der Waals surface area contributed by atoms with Gasteiger partial charge < -0.3 is 20.1 Å². The fourth-order valence-corrected chi connectivity index (χ4v) is 16.9. The molecule has 632 valence electrons. The number of sulfonamides is 2. The summed E-state index contributed by atoms with van der Waals surface area (Å²) < 4.78 is 285. The third-order valence-corrected chi connectivity index (χ3v) is 22.0. The Morgan fingerprint density at radius 2 is 0.950 bits per heavy atom. The molecule has 0 saturated heterocycles. The molecule has 0 unspecified atom stereocenters. The van der Waals surface area contributed by atoms with Crippen LogP contribution in [0.2, 0.25) is 10.0 Å². The molecule has 0 bridgehead atoms. The van der Waals surface area contributed by atoms with E-state index in [2.05, 4.69) is 60.4 Å². The number of aryl methyl sites for hydroxylation is 2. The Bertz CT molecular complexity index is 6600. The van der Waals surface area contributed by atoms with Crippen LogP contribution in [-0.2, 0) is 81.5 Å². The highest BCUT2D eigenvalue weighted by molar-refractivity contribution is 7.92. The molecule has 4 aliphatic carbocycles. The van der Waals surface area contributed by atoms with Gasteiger partial charge in [0.2, 0.25) is 43.6 Å². The molecule has 8 aromatic heterocycles. The molecular weight excluding hydrogens is 1710 g/mol. The number of carbonyl (C=O) groups excluding carboxylic acids is 2. The van der Waals surface area contributed by atoms with Crippen LogP contribution < -0.4 is 40.7 Å². The van der Waals surface area contributed by atoms with E-state index in [1.807, 2.05) is 0 Å². The number of benzene rings is 4. The minimum absolute atomic E-state index is 0.00533. The molecule has 2 saturated carbocycles. The normalized spacial score (nSPS) is 17.4. The van der Waals surface area contributed by atoms with Crippen molar-refractivity contribution in [2.45, 2.75) is 107 Å². The fraction of sp³-hybridized carbons (Fsp3) is 0.342. The Kier molecular flexibility index (Phi) is 21.3. The second kappa shape index (κ2) is 30.6. The summed E-state index contributed by atoms with van der Waals surface area (Å²) in [7, 11) is -5.07. The van der Waals surface area contributed by atoms with Crippen LogP contribution in [0.4, 0.5) is 77.5 Å². The van der Waals surface area contributed by atoms with Crippen LogP contribution in [-0.4, -0.2) is 129 Å². The van der Waals surface area contributed by atoms with E-state index in [1.54, 1.807) is 6.92 Å². The Balaban J connectivity index is 0.000000187.